The van der Waals surface area contributed by atoms with Crippen molar-refractivity contribution in [1.82, 2.24) is 0 Å². The summed E-state index contributed by atoms with van der Waals surface area (Å²) >= 11 is 0. The average Bonchev–Trinajstić information content (AvgIpc) is 2.47. The van der Waals surface area contributed by atoms with Gasteiger partial charge in [0.1, 0.15) is 5.75 Å². The van der Waals surface area contributed by atoms with Crippen LogP contribution in [-0.2, 0) is 11.2 Å². The molecule has 0 saturated carbocycles. The van der Waals surface area contributed by atoms with Crippen LogP contribution in [0.1, 0.15) is 12.5 Å². The Morgan fingerprint density at radius 2 is 1.95 bits per heavy atom. The topological polar surface area (TPSA) is 89.7 Å². The summed E-state index contributed by atoms with van der Waals surface area (Å²) in [5, 5.41) is 20.0. The summed E-state index contributed by atoms with van der Waals surface area (Å²) in [5.41, 5.74) is 1.40. The highest BCUT2D eigenvalue weighted by Gasteiger charge is 2.17. The molecule has 0 fully saturated rings. The Morgan fingerprint density at radius 1 is 1.23 bits per heavy atom. The highest BCUT2D eigenvalue weighted by molar-refractivity contribution is 5.74. The second kappa shape index (κ2) is 6.71. The molecular weight excluding hydrogens is 286 g/mol. The Bertz CT molecular complexity index is 711. The van der Waals surface area contributed by atoms with Crippen molar-refractivity contribution in [2.45, 2.75) is 13.3 Å². The number of nitro groups is 1. The lowest BCUT2D eigenvalue weighted by atomic mass is 10.0. The van der Waals surface area contributed by atoms with E-state index >= 15 is 0 Å². The molecule has 0 atom stereocenters. The number of nitrogens with zero attached hydrogens (tertiary/aromatic N) is 1. The van der Waals surface area contributed by atoms with Crippen LogP contribution >= 0.6 is 0 Å². The molecule has 0 bridgehead atoms. The quantitative estimate of drug-likeness (QED) is 0.653. The first-order chi connectivity index (χ1) is 10.5. The van der Waals surface area contributed by atoms with Gasteiger partial charge in [0.15, 0.2) is 0 Å². The second-order valence-corrected chi connectivity index (χ2v) is 4.63. The molecule has 0 aliphatic rings. The van der Waals surface area contributed by atoms with E-state index in [0.717, 1.165) is 5.56 Å². The molecule has 2 rings (SSSR count). The van der Waals surface area contributed by atoms with E-state index in [0.29, 0.717) is 17.9 Å². The lowest BCUT2D eigenvalue weighted by Crippen LogP contribution is -2.03. The molecule has 0 unspecified atom stereocenters. The molecule has 0 spiro atoms. The third-order valence-electron chi connectivity index (χ3n) is 3.10. The van der Waals surface area contributed by atoms with Crippen molar-refractivity contribution in [2.75, 3.05) is 6.61 Å². The molecule has 0 aliphatic carbocycles. The van der Waals surface area contributed by atoms with Gasteiger partial charge in [-0.1, -0.05) is 24.3 Å². The number of carboxylic acids is 1. The van der Waals surface area contributed by atoms with Crippen LogP contribution in [0.4, 0.5) is 5.69 Å². The van der Waals surface area contributed by atoms with Crippen molar-refractivity contribution in [3.05, 3.63) is 58.1 Å². The molecule has 0 aliphatic heterocycles. The number of carbonyl (C=O) groups is 1. The summed E-state index contributed by atoms with van der Waals surface area (Å²) in [5.74, 6) is -0.425. The van der Waals surface area contributed by atoms with Crippen molar-refractivity contribution in [1.29, 1.82) is 0 Å². The van der Waals surface area contributed by atoms with E-state index in [1.807, 2.05) is 13.0 Å². The Kier molecular flexibility index (Phi) is 4.73. The van der Waals surface area contributed by atoms with Crippen LogP contribution in [0.25, 0.3) is 11.1 Å². The van der Waals surface area contributed by atoms with Crippen molar-refractivity contribution >= 4 is 11.7 Å². The van der Waals surface area contributed by atoms with E-state index < -0.39 is 10.9 Å². The number of hydrogen-bond acceptors (Lipinski definition) is 4. The van der Waals surface area contributed by atoms with Gasteiger partial charge in [-0.25, -0.2) is 0 Å². The Morgan fingerprint density at radius 3 is 2.59 bits per heavy atom. The molecule has 0 amide bonds. The molecule has 0 heterocycles. The van der Waals surface area contributed by atoms with E-state index in [1.165, 1.54) is 12.1 Å². The number of rotatable bonds is 6. The lowest BCUT2D eigenvalue weighted by Gasteiger charge is -2.07. The Hall–Kier alpha value is -2.89. The first kappa shape index (κ1) is 15.5. The smallest absolute Gasteiger partial charge is 0.308 e. The van der Waals surface area contributed by atoms with Gasteiger partial charge in [0.2, 0.25) is 0 Å². The van der Waals surface area contributed by atoms with Gasteiger partial charge in [-0.15, -0.1) is 0 Å². The van der Waals surface area contributed by atoms with Gasteiger partial charge < -0.3 is 9.84 Å². The van der Waals surface area contributed by atoms with E-state index in [9.17, 15) is 14.9 Å². The molecule has 0 aromatic heterocycles. The maximum Gasteiger partial charge on any atom is 0.308 e. The molecular formula is C16H15NO5. The minimum atomic E-state index is -1.10. The molecule has 1 N–H and O–H groups in total. The van der Waals surface area contributed by atoms with Gasteiger partial charge in [-0.3, -0.25) is 14.9 Å². The zero-order valence-corrected chi connectivity index (χ0v) is 12.0. The van der Waals surface area contributed by atoms with Crippen molar-refractivity contribution in [2.24, 2.45) is 0 Å². The molecule has 6 nitrogen and oxygen atoms in total. The molecule has 2 aromatic carbocycles. The van der Waals surface area contributed by atoms with E-state index in [4.69, 9.17) is 9.84 Å². The fourth-order valence-corrected chi connectivity index (χ4v) is 2.16. The number of nitro benzene ring substituents is 1. The Balaban J connectivity index is 2.44. The van der Waals surface area contributed by atoms with Crippen LogP contribution in [0.5, 0.6) is 5.75 Å². The normalized spacial score (nSPS) is 10.2. The summed E-state index contributed by atoms with van der Waals surface area (Å²) in [4.78, 5) is 21.4. The summed E-state index contributed by atoms with van der Waals surface area (Å²) in [6.07, 6.45) is -0.379. The summed E-state index contributed by atoms with van der Waals surface area (Å²) < 4.78 is 5.41. The van der Waals surface area contributed by atoms with Crippen molar-refractivity contribution in [3.8, 4) is 16.9 Å². The average molecular weight is 301 g/mol. The fraction of sp³-hybridized carbons (Fsp3) is 0.188. The summed E-state index contributed by atoms with van der Waals surface area (Å²) in [7, 11) is 0. The fourth-order valence-electron chi connectivity index (χ4n) is 2.16. The first-order valence-corrected chi connectivity index (χ1v) is 6.73. The zero-order valence-electron chi connectivity index (χ0n) is 12.0. The van der Waals surface area contributed by atoms with Gasteiger partial charge in [0.05, 0.1) is 18.0 Å². The van der Waals surface area contributed by atoms with Crippen LogP contribution in [0.15, 0.2) is 42.5 Å². The third-order valence-corrected chi connectivity index (χ3v) is 3.10. The van der Waals surface area contributed by atoms with Crippen LogP contribution in [0.3, 0.4) is 0 Å². The molecule has 0 saturated heterocycles. The number of aliphatic carboxylic acids is 1. The number of carboxylic acid groups (broad SMARTS) is 1. The maximum absolute atomic E-state index is 11.1. The van der Waals surface area contributed by atoms with E-state index in [1.54, 1.807) is 24.3 Å². The summed E-state index contributed by atoms with van der Waals surface area (Å²) in [6.45, 7) is 2.40. The lowest BCUT2D eigenvalue weighted by molar-refractivity contribution is -0.385. The zero-order chi connectivity index (χ0) is 16.1. The molecule has 6 heteroatoms. The van der Waals surface area contributed by atoms with E-state index in [-0.39, 0.29) is 17.7 Å². The first-order valence-electron chi connectivity index (χ1n) is 6.73. The summed E-state index contributed by atoms with van der Waals surface area (Å²) in [6, 6.07) is 11.8. The van der Waals surface area contributed by atoms with Gasteiger partial charge in [-0.2, -0.15) is 0 Å². The highest BCUT2D eigenvalue weighted by Crippen LogP contribution is 2.29. The van der Waals surface area contributed by atoms with Gasteiger partial charge >= 0.3 is 5.97 Å². The monoisotopic (exact) mass is 301 g/mol. The predicted molar refractivity (Wildman–Crippen MR) is 81.0 cm³/mol. The SMILES string of the molecule is CCOc1cccc(-c2ccc(CC(=O)O)c([N+](=O)[O-])c2)c1. The molecule has 22 heavy (non-hydrogen) atoms. The molecule has 0 radical (unpaired) electrons. The van der Waals surface area contributed by atoms with Gasteiger partial charge in [0, 0.05) is 11.6 Å². The maximum atomic E-state index is 11.1. The van der Waals surface area contributed by atoms with Gasteiger partial charge in [0.25, 0.3) is 5.69 Å². The van der Waals surface area contributed by atoms with Crippen molar-refractivity contribution < 1.29 is 19.6 Å². The van der Waals surface area contributed by atoms with Crippen molar-refractivity contribution in [3.63, 3.8) is 0 Å². The second-order valence-electron chi connectivity index (χ2n) is 4.63. The van der Waals surface area contributed by atoms with E-state index in [2.05, 4.69) is 0 Å². The third kappa shape index (κ3) is 3.60. The highest BCUT2D eigenvalue weighted by atomic mass is 16.6. The Labute approximate surface area is 127 Å². The molecule has 114 valence electrons. The number of hydrogen-bond donors (Lipinski definition) is 1. The number of benzene rings is 2. The largest absolute Gasteiger partial charge is 0.494 e. The standard InChI is InChI=1S/C16H15NO5/c1-2-22-14-5-3-4-11(8-14)12-6-7-13(10-16(18)19)15(9-12)17(20)21/h3-9H,2,10H2,1H3,(H,18,19). The number of ether oxygens (including phenoxy) is 1. The van der Waals surface area contributed by atoms with Crippen LogP contribution in [0.2, 0.25) is 0 Å². The molecule has 2 aromatic rings. The minimum Gasteiger partial charge on any atom is -0.494 e. The van der Waals surface area contributed by atoms with Crippen LogP contribution < -0.4 is 4.74 Å². The van der Waals surface area contributed by atoms with Crippen LogP contribution in [0, 0.1) is 10.1 Å². The van der Waals surface area contributed by atoms with Gasteiger partial charge in [-0.05, 0) is 30.2 Å². The minimum absolute atomic E-state index is 0.183. The predicted octanol–water partition coefficient (Wildman–Crippen LogP) is 3.29. The van der Waals surface area contributed by atoms with Crippen LogP contribution in [-0.4, -0.2) is 22.6 Å².